The Bertz CT molecular complexity index is 83.4. The molecular formula is C3H2F2O2. The number of hydrogen-bond acceptors (Lipinski definition) is 2. The van der Waals surface area contributed by atoms with Gasteiger partial charge in [0.2, 0.25) is 0 Å². The predicted molar refractivity (Wildman–Crippen MR) is 15.3 cm³/mol. The summed E-state index contributed by atoms with van der Waals surface area (Å²) < 4.78 is 22.1. The van der Waals surface area contributed by atoms with Gasteiger partial charge in [-0.05, 0) is 0 Å². The van der Waals surface area contributed by atoms with Crippen molar-refractivity contribution < 1.29 is 18.7 Å². The van der Waals surface area contributed by atoms with Gasteiger partial charge >= 0.3 is 5.92 Å². The molecule has 0 saturated carbocycles. The number of carbonyl (C=O) groups is 1. The molecule has 0 aromatic heterocycles. The molecule has 0 amide bonds. The van der Waals surface area contributed by atoms with Crippen LogP contribution >= 0.6 is 0 Å². The quantitative estimate of drug-likeness (QED) is 0.413. The van der Waals surface area contributed by atoms with Crippen molar-refractivity contribution in [1.29, 1.82) is 0 Å². The number of halogens is 2. The molecule has 40 valence electrons. The first-order valence-corrected chi connectivity index (χ1v) is 1.39. The minimum absolute atomic E-state index is 1.97. The lowest BCUT2D eigenvalue weighted by Crippen LogP contribution is -2.39. The summed E-state index contributed by atoms with van der Waals surface area (Å²) in [5, 5.41) is 9.10. The third-order valence-electron chi connectivity index (χ3n) is 0.299. The van der Waals surface area contributed by atoms with Crippen LogP contribution in [0.5, 0.6) is 0 Å². The zero-order chi connectivity index (χ0) is 6.08. The van der Waals surface area contributed by atoms with E-state index in [1.165, 1.54) is 0 Å². The Morgan fingerprint density at radius 2 is 1.86 bits per heavy atom. The van der Waals surface area contributed by atoms with Crippen LogP contribution in [-0.4, -0.2) is 11.9 Å². The Labute approximate surface area is 38.8 Å². The van der Waals surface area contributed by atoms with Crippen molar-refractivity contribution in [2.75, 3.05) is 0 Å². The first-order chi connectivity index (χ1) is 2.94. The largest absolute Gasteiger partial charge is 0.540 e. The lowest BCUT2D eigenvalue weighted by atomic mass is 10.4. The average molecular weight is 108 g/mol. The summed E-state index contributed by atoms with van der Waals surface area (Å²) in [5.41, 5.74) is 0. The van der Waals surface area contributed by atoms with Gasteiger partial charge in [0, 0.05) is 0 Å². The Hall–Kier alpha value is -0.800. The number of alkyl halides is 2. The third kappa shape index (κ3) is 1.97. The molecule has 0 N–H and O–H groups in total. The fourth-order valence-corrected chi connectivity index (χ4v) is 0. The van der Waals surface area contributed by atoms with Crippen LogP contribution in [0.1, 0.15) is 0 Å². The molecule has 0 fully saturated rings. The third-order valence-corrected chi connectivity index (χ3v) is 0.299. The molecule has 0 spiro atoms. The van der Waals surface area contributed by atoms with Crippen LogP contribution < -0.4 is 5.11 Å². The second-order valence-corrected chi connectivity index (χ2v) is 0.992. The van der Waals surface area contributed by atoms with Gasteiger partial charge in [-0.3, -0.25) is 0 Å². The lowest BCUT2D eigenvalue weighted by molar-refractivity contribution is -0.325. The van der Waals surface area contributed by atoms with Gasteiger partial charge in [-0.2, -0.15) is 8.78 Å². The zero-order valence-electron chi connectivity index (χ0n) is 3.28. The molecule has 7 heavy (non-hydrogen) atoms. The maximum Gasteiger partial charge on any atom is 0.425 e. The van der Waals surface area contributed by atoms with Gasteiger partial charge < -0.3 is 9.90 Å². The highest BCUT2D eigenvalue weighted by atomic mass is 19.3. The first-order valence-electron chi connectivity index (χ1n) is 1.39. The monoisotopic (exact) mass is 108 g/mol. The van der Waals surface area contributed by atoms with Crippen LogP contribution in [0.3, 0.4) is 0 Å². The molecule has 2 nitrogen and oxygen atoms in total. The molecule has 0 saturated heterocycles. The molecule has 0 atom stereocenters. The van der Waals surface area contributed by atoms with Crippen molar-refractivity contribution >= 4 is 5.97 Å². The van der Waals surface area contributed by atoms with Crippen LogP contribution in [0.4, 0.5) is 8.78 Å². The van der Waals surface area contributed by atoms with Crippen LogP contribution in [0.15, 0.2) is 0 Å². The summed E-state index contributed by atoms with van der Waals surface area (Å²) in [5.74, 6) is -6.40. The number of carbonyl (C=O) groups excluding carboxylic acids is 1. The van der Waals surface area contributed by atoms with Crippen molar-refractivity contribution in [2.45, 2.75) is 5.92 Å². The molecule has 0 aliphatic heterocycles. The highest BCUT2D eigenvalue weighted by molar-refractivity contribution is 5.73. The van der Waals surface area contributed by atoms with E-state index in [0.717, 1.165) is 0 Å². The molecule has 0 radical (unpaired) electrons. The molecule has 0 unspecified atom stereocenters. The standard InChI is InChI=1S/C3H2F2O2/c1-3(4,5)2(6)7/h1H2. The number of carboxylic acid groups (broad SMARTS) is 1. The lowest BCUT2D eigenvalue weighted by Gasteiger charge is -2.00. The van der Waals surface area contributed by atoms with Crippen molar-refractivity contribution in [3.8, 4) is 0 Å². The smallest absolute Gasteiger partial charge is 0.425 e. The minimum Gasteiger partial charge on any atom is -0.540 e. The Morgan fingerprint density at radius 3 is 1.86 bits per heavy atom. The molecule has 0 rings (SSSR count). The fourth-order valence-electron chi connectivity index (χ4n) is 0. The average Bonchev–Trinajstić information content (AvgIpc) is 1.31. The van der Waals surface area contributed by atoms with Gasteiger partial charge in [-0.25, -0.2) is 0 Å². The van der Waals surface area contributed by atoms with Crippen LogP contribution in [0.2, 0.25) is 0 Å². The van der Waals surface area contributed by atoms with Crippen LogP contribution in [-0.2, 0) is 4.79 Å². The molecule has 0 heterocycles. The number of rotatable bonds is 1. The second-order valence-electron chi connectivity index (χ2n) is 0.992. The fraction of sp³-hybridized carbons (Fsp3) is 0.333. The number of carboxylic acids is 1. The summed E-state index contributed by atoms with van der Waals surface area (Å²) >= 11 is 0. The summed E-state index contributed by atoms with van der Waals surface area (Å²) in [4.78, 5) is 9.10. The molecule has 0 aliphatic carbocycles. The van der Waals surface area contributed by atoms with Crippen LogP contribution in [0.25, 0.3) is 0 Å². The Balaban J connectivity index is 3.79. The van der Waals surface area contributed by atoms with Gasteiger partial charge in [0.05, 0.1) is 0 Å². The summed E-state index contributed by atoms with van der Waals surface area (Å²) in [7, 11) is 0. The van der Waals surface area contributed by atoms with E-state index in [9.17, 15) is 8.78 Å². The van der Waals surface area contributed by atoms with Crippen molar-refractivity contribution in [3.63, 3.8) is 0 Å². The number of aliphatic carboxylic acids is 1. The van der Waals surface area contributed by atoms with Gasteiger partial charge in [-0.15, -0.1) is 0 Å². The van der Waals surface area contributed by atoms with E-state index < -0.39 is 11.9 Å². The normalized spacial score (nSPS) is 11.1. The van der Waals surface area contributed by atoms with E-state index in [-0.39, 0.29) is 0 Å². The predicted octanol–water partition coefficient (Wildman–Crippen LogP) is -0.794. The summed E-state index contributed by atoms with van der Waals surface area (Å²) in [6.07, 6.45) is 0. The molecule has 0 aromatic rings. The van der Waals surface area contributed by atoms with Crippen molar-refractivity contribution in [1.82, 2.24) is 0 Å². The van der Waals surface area contributed by atoms with Gasteiger partial charge in [-0.1, -0.05) is 0 Å². The summed E-state index contributed by atoms with van der Waals surface area (Å²) in [6.45, 7) is 1.97. The summed E-state index contributed by atoms with van der Waals surface area (Å²) in [6, 6.07) is 0. The highest BCUT2D eigenvalue weighted by Crippen LogP contribution is 2.07. The second kappa shape index (κ2) is 1.36. The van der Waals surface area contributed by atoms with Crippen molar-refractivity contribution in [2.24, 2.45) is 0 Å². The maximum absolute atomic E-state index is 11.1. The molecule has 0 bridgehead atoms. The molecule has 0 aliphatic rings. The number of hydrogen-bond donors (Lipinski definition) is 0. The minimum atomic E-state index is -3.94. The SMILES string of the molecule is [CH2+]C(F)(F)C(=O)[O-]. The molecule has 0 aromatic carbocycles. The van der Waals surface area contributed by atoms with E-state index >= 15 is 0 Å². The van der Waals surface area contributed by atoms with Crippen LogP contribution in [0, 0.1) is 6.92 Å². The first kappa shape index (κ1) is 6.20. The topological polar surface area (TPSA) is 40.1 Å². The van der Waals surface area contributed by atoms with Gasteiger partial charge in [0.25, 0.3) is 0 Å². The van der Waals surface area contributed by atoms with Gasteiger partial charge in [0.1, 0.15) is 6.92 Å². The highest BCUT2D eigenvalue weighted by Gasteiger charge is 2.31. The van der Waals surface area contributed by atoms with Gasteiger partial charge in [0.15, 0.2) is 5.97 Å². The Morgan fingerprint density at radius 1 is 1.71 bits per heavy atom. The molecule has 4 heteroatoms. The van der Waals surface area contributed by atoms with E-state index in [1.54, 1.807) is 0 Å². The Kier molecular flexibility index (Phi) is 1.21. The van der Waals surface area contributed by atoms with Crippen molar-refractivity contribution in [3.05, 3.63) is 6.92 Å². The molecular weight excluding hydrogens is 106 g/mol. The zero-order valence-corrected chi connectivity index (χ0v) is 3.28. The van der Waals surface area contributed by atoms with E-state index in [4.69, 9.17) is 9.90 Å². The van der Waals surface area contributed by atoms with E-state index in [1.807, 2.05) is 6.92 Å². The van der Waals surface area contributed by atoms with E-state index in [0.29, 0.717) is 0 Å². The van der Waals surface area contributed by atoms with E-state index in [2.05, 4.69) is 0 Å². The maximum atomic E-state index is 11.1.